The fourth-order valence-electron chi connectivity index (χ4n) is 2.54. The van der Waals surface area contributed by atoms with Gasteiger partial charge in [0, 0.05) is 16.3 Å². The summed E-state index contributed by atoms with van der Waals surface area (Å²) in [5, 5.41) is 3.98. The maximum Gasteiger partial charge on any atom is 0.348 e. The van der Waals surface area contributed by atoms with Crippen LogP contribution in [0.15, 0.2) is 48.5 Å². The van der Waals surface area contributed by atoms with Crippen molar-refractivity contribution in [1.29, 1.82) is 0 Å². The SMILES string of the molecule is CCOC(=O)c1cc2ccc(C(F)C(=O)NCc3ccc(Cl)cc3)cc2s1. The summed E-state index contributed by atoms with van der Waals surface area (Å²) < 4.78 is 20.3. The summed E-state index contributed by atoms with van der Waals surface area (Å²) in [6.07, 6.45) is -1.80. The number of alkyl halides is 1. The van der Waals surface area contributed by atoms with Gasteiger partial charge in [-0.05, 0) is 47.7 Å². The number of nitrogens with one attached hydrogen (secondary N) is 1. The molecule has 0 aliphatic heterocycles. The molecule has 1 atom stereocenters. The van der Waals surface area contributed by atoms with Crippen LogP contribution in [-0.4, -0.2) is 18.5 Å². The van der Waals surface area contributed by atoms with Gasteiger partial charge in [-0.3, -0.25) is 4.79 Å². The van der Waals surface area contributed by atoms with Crippen LogP contribution in [0.3, 0.4) is 0 Å². The van der Waals surface area contributed by atoms with Gasteiger partial charge in [0.2, 0.25) is 6.17 Å². The van der Waals surface area contributed by atoms with Crippen LogP contribution in [0.1, 0.15) is 33.9 Å². The highest BCUT2D eigenvalue weighted by atomic mass is 35.5. The normalized spacial score (nSPS) is 12.0. The highest BCUT2D eigenvalue weighted by Crippen LogP contribution is 2.30. The number of esters is 1. The van der Waals surface area contributed by atoms with E-state index in [1.807, 2.05) is 0 Å². The molecule has 1 unspecified atom stereocenters. The number of thiophene rings is 1. The van der Waals surface area contributed by atoms with Gasteiger partial charge in [0.05, 0.1) is 6.61 Å². The van der Waals surface area contributed by atoms with Crippen LogP contribution in [0.5, 0.6) is 0 Å². The fourth-order valence-corrected chi connectivity index (χ4v) is 3.67. The molecule has 0 saturated heterocycles. The second-order valence-electron chi connectivity index (χ2n) is 5.84. The lowest BCUT2D eigenvalue weighted by Gasteiger charge is -2.10. The summed E-state index contributed by atoms with van der Waals surface area (Å²) in [7, 11) is 0. The molecule has 1 aromatic heterocycles. The zero-order chi connectivity index (χ0) is 19.4. The molecule has 0 radical (unpaired) electrons. The van der Waals surface area contributed by atoms with Crippen LogP contribution in [0.25, 0.3) is 10.1 Å². The first-order valence-electron chi connectivity index (χ1n) is 8.34. The number of carbonyl (C=O) groups excluding carboxylic acids is 2. The largest absolute Gasteiger partial charge is 0.462 e. The Morgan fingerprint density at radius 1 is 1.19 bits per heavy atom. The maximum atomic E-state index is 14.6. The van der Waals surface area contributed by atoms with E-state index in [0.717, 1.165) is 15.6 Å². The van der Waals surface area contributed by atoms with Gasteiger partial charge in [-0.25, -0.2) is 9.18 Å². The van der Waals surface area contributed by atoms with Gasteiger partial charge in [0.15, 0.2) is 0 Å². The van der Waals surface area contributed by atoms with Gasteiger partial charge in [-0.15, -0.1) is 11.3 Å². The van der Waals surface area contributed by atoms with Gasteiger partial charge in [-0.2, -0.15) is 0 Å². The van der Waals surface area contributed by atoms with Crippen LogP contribution < -0.4 is 5.32 Å². The third kappa shape index (κ3) is 4.64. The van der Waals surface area contributed by atoms with Crippen molar-refractivity contribution in [1.82, 2.24) is 5.32 Å². The van der Waals surface area contributed by atoms with Gasteiger partial charge >= 0.3 is 5.97 Å². The molecule has 3 aromatic rings. The molecule has 0 aliphatic carbocycles. The Morgan fingerprint density at radius 2 is 1.93 bits per heavy atom. The molecule has 0 aliphatic rings. The molecule has 1 heterocycles. The van der Waals surface area contributed by atoms with Gasteiger partial charge in [0.1, 0.15) is 4.88 Å². The maximum absolute atomic E-state index is 14.6. The number of rotatable bonds is 6. The number of benzene rings is 2. The number of halogens is 2. The smallest absolute Gasteiger partial charge is 0.348 e. The first-order valence-corrected chi connectivity index (χ1v) is 9.54. The molecule has 7 heteroatoms. The Hall–Kier alpha value is -2.44. The van der Waals surface area contributed by atoms with E-state index >= 15 is 0 Å². The summed E-state index contributed by atoms with van der Waals surface area (Å²) in [6, 6.07) is 13.5. The van der Waals surface area contributed by atoms with Crippen LogP contribution in [-0.2, 0) is 16.1 Å². The molecule has 3 rings (SSSR count). The zero-order valence-corrected chi connectivity index (χ0v) is 16.1. The lowest BCUT2D eigenvalue weighted by molar-refractivity contribution is -0.126. The molecular weight excluding hydrogens is 389 g/mol. The summed E-state index contributed by atoms with van der Waals surface area (Å²) >= 11 is 7.03. The second-order valence-corrected chi connectivity index (χ2v) is 7.36. The number of ether oxygens (including phenoxy) is 1. The minimum atomic E-state index is -1.80. The van der Waals surface area contributed by atoms with E-state index in [1.165, 1.54) is 11.3 Å². The number of hydrogen-bond acceptors (Lipinski definition) is 4. The standard InChI is InChI=1S/C20H17ClFNO3S/c1-2-26-20(25)17-9-13-5-6-14(10-16(13)27-17)18(22)19(24)23-11-12-3-7-15(21)8-4-12/h3-10,18H,2,11H2,1H3,(H,23,24). The first-order chi connectivity index (χ1) is 13.0. The average molecular weight is 406 g/mol. The molecule has 2 aromatic carbocycles. The molecule has 27 heavy (non-hydrogen) atoms. The summed E-state index contributed by atoms with van der Waals surface area (Å²) in [5.41, 5.74) is 1.07. The van der Waals surface area contributed by atoms with Crippen molar-refractivity contribution in [2.45, 2.75) is 19.6 Å². The average Bonchev–Trinajstić information content (AvgIpc) is 3.10. The molecule has 0 fully saturated rings. The summed E-state index contributed by atoms with van der Waals surface area (Å²) in [6.45, 7) is 2.24. The minimum Gasteiger partial charge on any atom is -0.462 e. The minimum absolute atomic E-state index is 0.213. The van der Waals surface area contributed by atoms with E-state index in [-0.39, 0.29) is 12.1 Å². The van der Waals surface area contributed by atoms with Crippen molar-refractivity contribution in [3.63, 3.8) is 0 Å². The van der Waals surface area contributed by atoms with E-state index in [9.17, 15) is 14.0 Å². The van der Waals surface area contributed by atoms with Crippen LogP contribution in [0.4, 0.5) is 4.39 Å². The molecule has 1 N–H and O–H groups in total. The van der Waals surface area contributed by atoms with Crippen LogP contribution in [0.2, 0.25) is 5.02 Å². The fraction of sp³-hybridized carbons (Fsp3) is 0.200. The topological polar surface area (TPSA) is 55.4 Å². The van der Waals surface area contributed by atoms with Crippen molar-refractivity contribution in [3.05, 3.63) is 69.6 Å². The van der Waals surface area contributed by atoms with E-state index in [4.69, 9.17) is 16.3 Å². The van der Waals surface area contributed by atoms with Crippen molar-refractivity contribution < 1.29 is 18.7 Å². The van der Waals surface area contributed by atoms with Crippen LogP contribution >= 0.6 is 22.9 Å². The van der Waals surface area contributed by atoms with Crippen molar-refractivity contribution in [2.75, 3.05) is 6.61 Å². The van der Waals surface area contributed by atoms with Crippen LogP contribution in [0, 0.1) is 0 Å². The Bertz CT molecular complexity index is 971. The molecule has 4 nitrogen and oxygen atoms in total. The van der Waals surface area contributed by atoms with Gasteiger partial charge in [-0.1, -0.05) is 35.9 Å². The highest BCUT2D eigenvalue weighted by Gasteiger charge is 2.20. The molecule has 1 amide bonds. The van der Waals surface area contributed by atoms with Crippen molar-refractivity contribution in [3.8, 4) is 0 Å². The Balaban J connectivity index is 1.70. The van der Waals surface area contributed by atoms with Gasteiger partial charge < -0.3 is 10.1 Å². The van der Waals surface area contributed by atoms with E-state index in [2.05, 4.69) is 5.32 Å². The summed E-state index contributed by atoms with van der Waals surface area (Å²) in [5.74, 6) is -1.12. The lowest BCUT2D eigenvalue weighted by atomic mass is 10.1. The highest BCUT2D eigenvalue weighted by molar-refractivity contribution is 7.20. The number of carbonyl (C=O) groups is 2. The van der Waals surface area contributed by atoms with E-state index in [1.54, 1.807) is 55.5 Å². The lowest BCUT2D eigenvalue weighted by Crippen LogP contribution is -2.26. The first kappa shape index (κ1) is 19.3. The third-order valence-corrected chi connectivity index (χ3v) is 5.25. The number of hydrogen-bond donors (Lipinski definition) is 1. The Morgan fingerprint density at radius 3 is 2.63 bits per heavy atom. The molecular formula is C20H17ClFNO3S. The monoisotopic (exact) mass is 405 g/mol. The van der Waals surface area contributed by atoms with E-state index in [0.29, 0.717) is 16.5 Å². The molecule has 0 bridgehead atoms. The summed E-state index contributed by atoms with van der Waals surface area (Å²) in [4.78, 5) is 24.4. The predicted molar refractivity (Wildman–Crippen MR) is 105 cm³/mol. The van der Waals surface area contributed by atoms with Crippen molar-refractivity contribution >= 4 is 44.9 Å². The number of fused-ring (bicyclic) bond motifs is 1. The molecule has 0 spiro atoms. The van der Waals surface area contributed by atoms with E-state index < -0.39 is 18.0 Å². The second kappa shape index (κ2) is 8.50. The quantitative estimate of drug-likeness (QED) is 0.583. The van der Waals surface area contributed by atoms with Crippen molar-refractivity contribution in [2.24, 2.45) is 0 Å². The Kier molecular flexibility index (Phi) is 6.08. The predicted octanol–water partition coefficient (Wildman–Crippen LogP) is 5.06. The molecule has 140 valence electrons. The zero-order valence-electron chi connectivity index (χ0n) is 14.5. The number of amides is 1. The molecule has 0 saturated carbocycles. The Labute approximate surface area is 164 Å². The third-order valence-electron chi connectivity index (χ3n) is 3.92. The van der Waals surface area contributed by atoms with Gasteiger partial charge in [0.25, 0.3) is 5.91 Å².